The smallest absolute Gasteiger partial charge is 0.273 e. The van der Waals surface area contributed by atoms with Crippen LogP contribution >= 0.6 is 11.6 Å². The largest absolute Gasteiger partial charge is 0.495 e. The highest BCUT2D eigenvalue weighted by molar-refractivity contribution is 7.92. The first kappa shape index (κ1) is 34.3. The number of ether oxygens (including phenoxy) is 1. The predicted molar refractivity (Wildman–Crippen MR) is 169 cm³/mol. The number of nitro groups is 1. The zero-order chi connectivity index (χ0) is 32.6. The molecule has 3 rings (SSSR count). The number of nitrogens with zero attached hydrogens (tertiary/aromatic N) is 3. The van der Waals surface area contributed by atoms with Gasteiger partial charge in [0.05, 0.1) is 22.6 Å². The highest BCUT2D eigenvalue weighted by Gasteiger charge is 2.36. The van der Waals surface area contributed by atoms with E-state index in [1.165, 1.54) is 49.3 Å². The second-order valence-corrected chi connectivity index (χ2v) is 12.6. The van der Waals surface area contributed by atoms with Crippen LogP contribution in [0.15, 0.2) is 71.6 Å². The Kier molecular flexibility index (Phi) is 11.7. The highest BCUT2D eigenvalue weighted by Crippen LogP contribution is 2.36. The molecule has 0 aliphatic heterocycles. The normalized spacial score (nSPS) is 12.6. The van der Waals surface area contributed by atoms with E-state index in [0.717, 1.165) is 15.9 Å². The quantitative estimate of drug-likeness (QED) is 0.181. The van der Waals surface area contributed by atoms with Crippen molar-refractivity contribution < 1.29 is 27.7 Å². The lowest BCUT2D eigenvalue weighted by molar-refractivity contribution is -0.385. The number of nitro benzene ring substituents is 1. The minimum Gasteiger partial charge on any atom is -0.495 e. The van der Waals surface area contributed by atoms with E-state index in [1.807, 2.05) is 19.9 Å². The number of nitrogens with one attached hydrogen (secondary N) is 1. The van der Waals surface area contributed by atoms with Gasteiger partial charge in [0, 0.05) is 29.2 Å². The summed E-state index contributed by atoms with van der Waals surface area (Å²) in [6.07, 6.45) is 0.941. The van der Waals surface area contributed by atoms with Crippen LogP contribution in [0.4, 0.5) is 11.4 Å². The second kappa shape index (κ2) is 15.0. The third-order valence-corrected chi connectivity index (χ3v) is 9.23. The molecule has 0 unspecified atom stereocenters. The van der Waals surface area contributed by atoms with E-state index in [1.54, 1.807) is 31.2 Å². The number of carbonyl (C=O) groups is 2. The lowest BCUT2D eigenvalue weighted by Gasteiger charge is -2.34. The Morgan fingerprint density at radius 1 is 1.05 bits per heavy atom. The van der Waals surface area contributed by atoms with Crippen molar-refractivity contribution in [2.24, 2.45) is 0 Å². The molecule has 1 N–H and O–H groups in total. The van der Waals surface area contributed by atoms with Gasteiger partial charge in [0.15, 0.2) is 0 Å². The topological polar surface area (TPSA) is 139 Å². The van der Waals surface area contributed by atoms with Crippen molar-refractivity contribution in [3.05, 3.63) is 93.0 Å². The maximum Gasteiger partial charge on any atom is 0.273 e. The van der Waals surface area contributed by atoms with Crippen LogP contribution in [0.5, 0.6) is 5.75 Å². The van der Waals surface area contributed by atoms with Crippen molar-refractivity contribution in [3.8, 4) is 5.75 Å². The van der Waals surface area contributed by atoms with Gasteiger partial charge >= 0.3 is 0 Å². The average Bonchev–Trinajstić information content (AvgIpc) is 2.99. The number of sulfonamides is 1. The van der Waals surface area contributed by atoms with Crippen LogP contribution in [-0.2, 0) is 26.2 Å². The van der Waals surface area contributed by atoms with Crippen LogP contribution in [0.1, 0.15) is 44.7 Å². The second-order valence-electron chi connectivity index (χ2n) is 10.3. The molecule has 11 nitrogen and oxygen atoms in total. The van der Waals surface area contributed by atoms with Gasteiger partial charge in [-0.1, -0.05) is 61.8 Å². The van der Waals surface area contributed by atoms with E-state index in [4.69, 9.17) is 16.3 Å². The zero-order valence-electron chi connectivity index (χ0n) is 25.3. The fourth-order valence-corrected chi connectivity index (χ4v) is 6.19. The van der Waals surface area contributed by atoms with E-state index >= 15 is 0 Å². The minimum atomic E-state index is -4.61. The molecule has 2 amide bonds. The number of anilines is 1. The zero-order valence-corrected chi connectivity index (χ0v) is 26.9. The first-order valence-corrected chi connectivity index (χ1v) is 15.9. The lowest BCUT2D eigenvalue weighted by atomic mass is 10.1. The van der Waals surface area contributed by atoms with Gasteiger partial charge < -0.3 is 15.0 Å². The summed E-state index contributed by atoms with van der Waals surface area (Å²) in [7, 11) is -3.27. The summed E-state index contributed by atoms with van der Waals surface area (Å²) in [5, 5.41) is 14.8. The summed E-state index contributed by atoms with van der Waals surface area (Å²) in [6, 6.07) is 15.8. The number of methoxy groups -OCH3 is 1. The summed E-state index contributed by atoms with van der Waals surface area (Å²) < 4.78 is 34.7. The number of amides is 2. The van der Waals surface area contributed by atoms with Crippen LogP contribution < -0.4 is 14.4 Å². The number of aryl methyl sites for hydroxylation is 1. The monoisotopic (exact) mass is 644 g/mol. The lowest BCUT2D eigenvalue weighted by Crippen LogP contribution is -2.53. The molecule has 44 heavy (non-hydrogen) atoms. The van der Waals surface area contributed by atoms with Crippen molar-refractivity contribution in [3.63, 3.8) is 0 Å². The summed E-state index contributed by atoms with van der Waals surface area (Å²) in [4.78, 5) is 39.6. The van der Waals surface area contributed by atoms with Crippen molar-refractivity contribution in [1.82, 2.24) is 10.2 Å². The molecule has 0 saturated carbocycles. The molecule has 0 aliphatic rings. The maximum atomic E-state index is 14.2. The molecule has 0 heterocycles. The van der Waals surface area contributed by atoms with Gasteiger partial charge in [-0.25, -0.2) is 8.42 Å². The molecule has 0 radical (unpaired) electrons. The number of carbonyl (C=O) groups excluding carboxylic acids is 2. The molecule has 0 aliphatic carbocycles. The highest BCUT2D eigenvalue weighted by atomic mass is 35.5. The molecule has 0 bridgehead atoms. The van der Waals surface area contributed by atoms with Crippen molar-refractivity contribution in [2.75, 3.05) is 18.0 Å². The van der Waals surface area contributed by atoms with Crippen molar-refractivity contribution >= 4 is 44.8 Å². The minimum absolute atomic E-state index is 0.0304. The first-order chi connectivity index (χ1) is 20.8. The van der Waals surface area contributed by atoms with E-state index < -0.39 is 44.0 Å². The Morgan fingerprint density at radius 2 is 1.73 bits per heavy atom. The predicted octanol–water partition coefficient (Wildman–Crippen LogP) is 5.48. The van der Waals surface area contributed by atoms with Crippen LogP contribution in [0, 0.1) is 17.0 Å². The Labute approximate surface area is 263 Å². The van der Waals surface area contributed by atoms with Crippen LogP contribution in [0.3, 0.4) is 0 Å². The summed E-state index contributed by atoms with van der Waals surface area (Å²) in [5.74, 6) is -0.939. The van der Waals surface area contributed by atoms with Gasteiger partial charge in [-0.3, -0.25) is 24.0 Å². The van der Waals surface area contributed by atoms with Crippen LogP contribution in [0.2, 0.25) is 5.02 Å². The third-order valence-electron chi connectivity index (χ3n) is 7.24. The SMILES string of the molecule is CC[C@@H](C)NC(=O)[C@@H](CC)N(Cc1ccccc1)C(=O)CN(c1cc(Cl)ccc1OC)S(=O)(=O)c1ccc(C)c([N+](=O)[O-])c1. The fourth-order valence-electron chi connectivity index (χ4n) is 4.59. The summed E-state index contributed by atoms with van der Waals surface area (Å²) >= 11 is 6.27. The van der Waals surface area contributed by atoms with Crippen molar-refractivity contribution in [1.29, 1.82) is 0 Å². The Hall–Kier alpha value is -4.16. The van der Waals surface area contributed by atoms with E-state index in [-0.39, 0.29) is 46.9 Å². The number of hydrogen-bond donors (Lipinski definition) is 1. The number of rotatable bonds is 14. The Balaban J connectivity index is 2.18. The molecule has 3 aromatic carbocycles. The van der Waals surface area contributed by atoms with E-state index in [0.29, 0.717) is 6.42 Å². The summed E-state index contributed by atoms with van der Waals surface area (Å²) in [5.41, 5.74) is 0.561. The van der Waals surface area contributed by atoms with Gasteiger partial charge in [0.25, 0.3) is 15.7 Å². The molecule has 0 aromatic heterocycles. The molecule has 236 valence electrons. The van der Waals surface area contributed by atoms with E-state index in [9.17, 15) is 28.1 Å². The number of halogens is 1. The molecule has 3 aromatic rings. The molecule has 0 fully saturated rings. The molecule has 0 spiro atoms. The molecule has 0 saturated heterocycles. The third kappa shape index (κ3) is 8.06. The van der Waals surface area contributed by atoms with Crippen molar-refractivity contribution in [2.45, 2.75) is 64.1 Å². The number of benzene rings is 3. The van der Waals surface area contributed by atoms with Crippen LogP contribution in [-0.4, -0.2) is 55.8 Å². The Morgan fingerprint density at radius 3 is 2.32 bits per heavy atom. The fraction of sp³-hybridized carbons (Fsp3) is 0.355. The molecule has 13 heteroatoms. The van der Waals surface area contributed by atoms with Crippen LogP contribution in [0.25, 0.3) is 0 Å². The molecular formula is C31H37ClN4O7S. The standard InChI is InChI=1S/C31H37ClN4O7S/c1-6-22(4)33-31(38)26(7-2)34(19-23-11-9-8-10-12-23)30(37)20-35(28-17-24(32)14-16-29(28)43-5)44(41,42)25-15-13-21(3)27(18-25)36(39)40/h8-18,22,26H,6-7,19-20H2,1-5H3,(H,33,38)/t22-,26-/m1/s1. The maximum absolute atomic E-state index is 14.2. The van der Waals surface area contributed by atoms with E-state index in [2.05, 4.69) is 5.32 Å². The summed E-state index contributed by atoms with van der Waals surface area (Å²) in [6.45, 7) is 6.33. The van der Waals surface area contributed by atoms with Gasteiger partial charge in [-0.15, -0.1) is 0 Å². The van der Waals surface area contributed by atoms with Gasteiger partial charge in [0.2, 0.25) is 11.8 Å². The van der Waals surface area contributed by atoms with Gasteiger partial charge in [-0.2, -0.15) is 0 Å². The van der Waals surface area contributed by atoms with Gasteiger partial charge in [-0.05, 0) is 56.5 Å². The average molecular weight is 645 g/mol. The first-order valence-electron chi connectivity index (χ1n) is 14.1. The Bertz CT molecular complexity index is 1600. The van der Waals surface area contributed by atoms with Gasteiger partial charge in [0.1, 0.15) is 18.3 Å². The number of hydrogen-bond acceptors (Lipinski definition) is 7. The molecular weight excluding hydrogens is 608 g/mol. The molecule has 2 atom stereocenters.